The first-order valence-corrected chi connectivity index (χ1v) is 37.1. The molecular weight excluding hydrogens is 1360 g/mol. The van der Waals surface area contributed by atoms with Crippen molar-refractivity contribution in [3.8, 4) is 39.5 Å². The molecule has 12 rings (SSSR count). The zero-order chi connectivity index (χ0) is 73.2. The molecule has 0 saturated carbocycles. The molecule has 0 bridgehead atoms. The summed E-state index contributed by atoms with van der Waals surface area (Å²) in [6.07, 6.45) is 19.5. The van der Waals surface area contributed by atoms with Crippen molar-refractivity contribution in [2.24, 2.45) is 17.8 Å². The van der Waals surface area contributed by atoms with Gasteiger partial charge in [-0.25, -0.2) is 29.9 Å². The van der Waals surface area contributed by atoms with Crippen molar-refractivity contribution in [1.82, 2.24) is 39.7 Å². The maximum atomic E-state index is 11.8. The molecule has 3 aromatic heterocycles. The normalized spacial score (nSPS) is 14.3. The average molecular weight is 1460 g/mol. The molecule has 3 saturated heterocycles. The number of hydrogen-bond donors (Lipinski definition) is 4. The second kappa shape index (κ2) is 39.3. The number of likely N-dealkylation sites (tertiary alicyclic amines) is 2. The lowest BCUT2D eigenvalue weighted by atomic mass is 9.99. The fraction of sp³-hybridized carbons (Fsp3) is 0.321. The van der Waals surface area contributed by atoms with Crippen molar-refractivity contribution in [2.45, 2.75) is 91.4 Å². The summed E-state index contributed by atoms with van der Waals surface area (Å²) in [4.78, 5) is 69.8. The number of carbonyl (C=O) groups excluding carboxylic acids is 3. The van der Waals surface area contributed by atoms with Crippen LogP contribution in [0.25, 0.3) is 33.8 Å². The van der Waals surface area contributed by atoms with Gasteiger partial charge >= 0.3 is 0 Å². The number of allylic oxidation sites excluding steroid dienone is 3. The van der Waals surface area contributed by atoms with Gasteiger partial charge in [-0.2, -0.15) is 0 Å². The van der Waals surface area contributed by atoms with E-state index in [2.05, 4.69) is 131 Å². The van der Waals surface area contributed by atoms with Gasteiger partial charge in [0.25, 0.3) is 0 Å². The molecule has 6 heterocycles. The van der Waals surface area contributed by atoms with Gasteiger partial charge in [0, 0.05) is 96.6 Å². The molecule has 3 fully saturated rings. The fourth-order valence-electron chi connectivity index (χ4n) is 12.6. The predicted octanol–water partition coefficient (Wildman–Crippen LogP) is 18.8. The molecule has 3 aliphatic rings. The lowest BCUT2D eigenvalue weighted by Gasteiger charge is -2.32. The fourth-order valence-corrected chi connectivity index (χ4v) is 13.2. The van der Waals surface area contributed by atoms with Gasteiger partial charge < -0.3 is 40.7 Å². The highest BCUT2D eigenvalue weighted by Crippen LogP contribution is 2.34. The molecule has 104 heavy (non-hydrogen) atoms. The molecule has 9 aromatic rings. The van der Waals surface area contributed by atoms with E-state index in [1.807, 2.05) is 121 Å². The monoisotopic (exact) mass is 1450 g/mol. The molecular formula is C84H94Cl3N13O4. The van der Waals surface area contributed by atoms with E-state index in [9.17, 15) is 14.4 Å². The summed E-state index contributed by atoms with van der Waals surface area (Å²) >= 11 is 19.3. The van der Waals surface area contributed by atoms with E-state index in [1.54, 1.807) is 18.6 Å². The van der Waals surface area contributed by atoms with Crippen LogP contribution in [0.5, 0.6) is 5.75 Å². The summed E-state index contributed by atoms with van der Waals surface area (Å²) in [6.45, 7) is 28.5. The molecule has 17 nitrogen and oxygen atoms in total. The Kier molecular flexibility index (Phi) is 29.1. The number of nitrogens with zero attached hydrogens (tertiary/aromatic N) is 9. The SMILES string of the molecule is C=CC(=O)Cc1cccc(-c2nc(Nc3cccc(N4CCC(C)CC4)c3)ncc2Cl)c1.C=CC(=O)Cc1cccc(-c2nc(Nc3cccc(NCCCN4CCC(C)CC4)c3)ncc2Cl)c1.C=CC(=O)Cc1cccc(-c2nc(Nc3cccc(OCCCN4CCC(C)CC4)c3)ncc2Cl)c1. The highest BCUT2D eigenvalue weighted by atomic mass is 35.5. The Morgan fingerprint density at radius 2 is 0.837 bits per heavy atom. The number of nitrogens with one attached hydrogen (secondary N) is 4. The minimum Gasteiger partial charge on any atom is -0.493 e. The molecule has 20 heteroatoms. The summed E-state index contributed by atoms with van der Waals surface area (Å²) < 4.78 is 6.00. The zero-order valence-electron chi connectivity index (χ0n) is 59.8. The molecule has 3 aliphatic heterocycles. The number of ether oxygens (including phenoxy) is 1. The molecule has 0 amide bonds. The van der Waals surface area contributed by atoms with Gasteiger partial charge in [-0.1, -0.05) is 148 Å². The van der Waals surface area contributed by atoms with Crippen molar-refractivity contribution in [3.63, 3.8) is 0 Å². The summed E-state index contributed by atoms with van der Waals surface area (Å²) in [5, 5.41) is 14.7. The summed E-state index contributed by atoms with van der Waals surface area (Å²) in [6, 6.07) is 47.2. The van der Waals surface area contributed by atoms with Crippen LogP contribution in [0.1, 0.15) is 88.8 Å². The first-order valence-electron chi connectivity index (χ1n) is 36.0. The lowest BCUT2D eigenvalue weighted by Crippen LogP contribution is -2.34. The summed E-state index contributed by atoms with van der Waals surface area (Å²) in [7, 11) is 0. The van der Waals surface area contributed by atoms with Gasteiger partial charge in [-0.05, 0) is 203 Å². The number of halogens is 3. The van der Waals surface area contributed by atoms with Crippen LogP contribution in [0.3, 0.4) is 0 Å². The number of piperidine rings is 3. The number of rotatable bonds is 29. The Morgan fingerprint density at radius 1 is 0.462 bits per heavy atom. The molecule has 540 valence electrons. The van der Waals surface area contributed by atoms with Crippen molar-refractivity contribution in [2.75, 3.05) is 91.7 Å². The number of ketones is 3. The van der Waals surface area contributed by atoms with Crippen LogP contribution in [0, 0.1) is 17.8 Å². The number of carbonyl (C=O) groups is 3. The third-order valence-corrected chi connectivity index (χ3v) is 19.6. The first-order chi connectivity index (χ1) is 50.5. The van der Waals surface area contributed by atoms with Gasteiger partial charge in [-0.3, -0.25) is 14.4 Å². The van der Waals surface area contributed by atoms with E-state index in [-0.39, 0.29) is 23.8 Å². The quantitative estimate of drug-likeness (QED) is 0.0255. The van der Waals surface area contributed by atoms with Crippen LogP contribution in [-0.2, 0) is 33.6 Å². The van der Waals surface area contributed by atoms with Crippen LogP contribution in [0.4, 0.5) is 46.3 Å². The van der Waals surface area contributed by atoms with Crippen molar-refractivity contribution in [1.29, 1.82) is 0 Å². The Morgan fingerprint density at radius 3 is 1.28 bits per heavy atom. The maximum Gasteiger partial charge on any atom is 0.227 e. The third-order valence-electron chi connectivity index (χ3n) is 18.7. The molecule has 0 unspecified atom stereocenters. The largest absolute Gasteiger partial charge is 0.493 e. The Bertz CT molecular complexity index is 4190. The summed E-state index contributed by atoms with van der Waals surface area (Å²) in [5.74, 6) is 4.59. The topological polar surface area (TPSA) is 196 Å². The van der Waals surface area contributed by atoms with E-state index in [0.717, 1.165) is 125 Å². The molecule has 4 N–H and O–H groups in total. The minimum atomic E-state index is -0.0356. The van der Waals surface area contributed by atoms with Crippen LogP contribution < -0.4 is 30.9 Å². The van der Waals surface area contributed by atoms with E-state index in [0.29, 0.717) is 69.4 Å². The van der Waals surface area contributed by atoms with Crippen molar-refractivity contribution in [3.05, 3.63) is 234 Å². The van der Waals surface area contributed by atoms with Gasteiger partial charge in [0.2, 0.25) is 17.8 Å². The molecule has 6 aromatic carbocycles. The highest BCUT2D eigenvalue weighted by Gasteiger charge is 2.20. The lowest BCUT2D eigenvalue weighted by molar-refractivity contribution is -0.114. The van der Waals surface area contributed by atoms with Crippen LogP contribution >= 0.6 is 34.8 Å². The standard InChI is InChI=1S/C29H34ClN5O.C29H33ClN4O2.C26H27ClN4O/c1-3-26(36)18-22-7-4-8-23(17-22)28-27(30)20-32-29(34-28)33-25-10-5-9-24(19-25)31-13-6-14-35-15-11-21(2)12-16-35;1-3-25(35)18-22-7-4-8-23(17-22)28-27(30)20-31-29(33-28)32-24-9-5-10-26(19-24)36-16-6-13-34-14-11-21(2)12-15-34;1-3-23(32)15-19-6-4-7-20(14-19)25-24(27)17-28-26(30-25)29-21-8-5-9-22(16-21)31-12-10-18(2)11-13-31/h3-5,7-10,17,19-21,31H,1,6,11-16,18H2,2H3,(H,32,33,34);3-5,7-10,17,19-21H,1,6,11-16,18H2,2H3,(H,31,32,33);3-9,14,16-18H,1,10-13,15H2,2H3,(H,28,29,30). The Labute approximate surface area is 627 Å². The van der Waals surface area contributed by atoms with Gasteiger partial charge in [0.05, 0.1) is 57.3 Å². The van der Waals surface area contributed by atoms with Crippen LogP contribution in [-0.4, -0.2) is 123 Å². The molecule has 0 atom stereocenters. The predicted molar refractivity (Wildman–Crippen MR) is 427 cm³/mol. The zero-order valence-corrected chi connectivity index (χ0v) is 62.1. The number of aromatic nitrogens is 6. The first kappa shape index (κ1) is 77.0. The van der Waals surface area contributed by atoms with Gasteiger partial charge in [0.15, 0.2) is 17.3 Å². The average Bonchev–Trinajstić information content (AvgIpc) is 0.838. The number of anilines is 8. The Hall–Kier alpha value is -9.62. The van der Waals surface area contributed by atoms with Gasteiger partial charge in [0.1, 0.15) is 5.75 Å². The molecule has 0 spiro atoms. The van der Waals surface area contributed by atoms with E-state index < -0.39 is 0 Å². The second-order valence-corrected chi connectivity index (χ2v) is 28.3. The van der Waals surface area contributed by atoms with E-state index >= 15 is 0 Å². The van der Waals surface area contributed by atoms with Crippen molar-refractivity contribution < 1.29 is 19.1 Å². The molecule has 0 radical (unpaired) electrons. The van der Waals surface area contributed by atoms with Gasteiger partial charge in [-0.15, -0.1) is 0 Å². The van der Waals surface area contributed by atoms with Crippen LogP contribution in [0.2, 0.25) is 15.1 Å². The smallest absolute Gasteiger partial charge is 0.227 e. The number of hydrogen-bond acceptors (Lipinski definition) is 17. The third kappa shape index (κ3) is 24.0. The van der Waals surface area contributed by atoms with Crippen molar-refractivity contribution >= 4 is 98.4 Å². The summed E-state index contributed by atoms with van der Waals surface area (Å²) in [5.41, 5.74) is 11.9. The maximum absolute atomic E-state index is 11.8. The highest BCUT2D eigenvalue weighted by molar-refractivity contribution is 6.33. The minimum absolute atomic E-state index is 0.0265. The Balaban J connectivity index is 0.000000168. The second-order valence-electron chi connectivity index (χ2n) is 27.0. The molecule has 0 aliphatic carbocycles. The van der Waals surface area contributed by atoms with E-state index in [1.165, 1.54) is 88.6 Å². The number of benzene rings is 6. The van der Waals surface area contributed by atoms with Crippen LogP contribution in [0.15, 0.2) is 202 Å². The van der Waals surface area contributed by atoms with E-state index in [4.69, 9.17) is 39.5 Å².